The van der Waals surface area contributed by atoms with Gasteiger partial charge in [0, 0.05) is 6.54 Å². The number of amides is 1. The Morgan fingerprint density at radius 1 is 1.18 bits per heavy atom. The number of ether oxygens (including phenoxy) is 2. The molecule has 126 valence electrons. The Bertz CT molecular complexity index is 409. The molecule has 5 nitrogen and oxygen atoms in total. The van der Waals surface area contributed by atoms with Crippen molar-refractivity contribution in [2.24, 2.45) is 17.8 Å². The van der Waals surface area contributed by atoms with Crippen LogP contribution in [0.1, 0.15) is 52.9 Å². The number of hydrogen-bond acceptors (Lipinski definition) is 4. The molecule has 1 saturated heterocycles. The molecule has 0 radical (unpaired) electrons. The summed E-state index contributed by atoms with van der Waals surface area (Å²) < 4.78 is 10.6. The molecule has 5 heteroatoms. The van der Waals surface area contributed by atoms with E-state index < -0.39 is 6.04 Å². The number of nitrogens with zero attached hydrogens (tertiary/aromatic N) is 1. The van der Waals surface area contributed by atoms with Crippen molar-refractivity contribution in [1.29, 1.82) is 0 Å². The van der Waals surface area contributed by atoms with Crippen LogP contribution in [-0.2, 0) is 14.3 Å². The molecule has 22 heavy (non-hydrogen) atoms. The van der Waals surface area contributed by atoms with E-state index in [0.29, 0.717) is 30.7 Å². The number of methoxy groups -OCH3 is 1. The molecule has 0 unspecified atom stereocenters. The molecule has 0 spiro atoms. The summed E-state index contributed by atoms with van der Waals surface area (Å²) in [5.41, 5.74) is 0. The summed E-state index contributed by atoms with van der Waals surface area (Å²) in [4.78, 5) is 25.8. The molecule has 4 atom stereocenters. The standard InChI is InChI=1S/C17H29NO4/c1-11(2)13-8-7-12(3)10-15(13)22-17(20)18-9-5-6-14(18)16(19)21-4/h11-15H,5-10H2,1-4H3/t12-,13+,14+,15-/m1/s1. The fraction of sp³-hybridized carbons (Fsp3) is 0.882. The largest absolute Gasteiger partial charge is 0.467 e. The lowest BCUT2D eigenvalue weighted by Gasteiger charge is -2.37. The van der Waals surface area contributed by atoms with Crippen LogP contribution in [0.2, 0.25) is 0 Å². The molecule has 0 bridgehead atoms. The molecule has 2 rings (SSSR count). The highest BCUT2D eigenvalue weighted by Gasteiger charge is 2.39. The molecular formula is C17H29NO4. The SMILES string of the molecule is COC(=O)[C@@H]1CCCN1C(=O)O[C@@H]1C[C@H](C)CC[C@H]1C(C)C. The monoisotopic (exact) mass is 311 g/mol. The van der Waals surface area contributed by atoms with E-state index in [1.54, 1.807) is 4.90 Å². The molecule has 1 aliphatic carbocycles. The van der Waals surface area contributed by atoms with Gasteiger partial charge >= 0.3 is 12.1 Å². The van der Waals surface area contributed by atoms with Crippen LogP contribution >= 0.6 is 0 Å². The molecule has 1 saturated carbocycles. The zero-order valence-corrected chi connectivity index (χ0v) is 14.2. The Hall–Kier alpha value is -1.26. The van der Waals surface area contributed by atoms with Crippen molar-refractivity contribution in [2.45, 2.75) is 65.0 Å². The Morgan fingerprint density at radius 2 is 1.91 bits per heavy atom. The van der Waals surface area contributed by atoms with Gasteiger partial charge in [0.2, 0.25) is 0 Å². The van der Waals surface area contributed by atoms with Crippen LogP contribution in [0.5, 0.6) is 0 Å². The van der Waals surface area contributed by atoms with Crippen molar-refractivity contribution in [3.63, 3.8) is 0 Å². The second-order valence-corrected chi connectivity index (χ2v) is 7.12. The minimum absolute atomic E-state index is 0.0323. The lowest BCUT2D eigenvalue weighted by molar-refractivity contribution is -0.145. The fourth-order valence-electron chi connectivity index (χ4n) is 3.81. The van der Waals surface area contributed by atoms with Gasteiger partial charge in [0.05, 0.1) is 7.11 Å². The van der Waals surface area contributed by atoms with Crippen LogP contribution in [0.25, 0.3) is 0 Å². The second kappa shape index (κ2) is 7.34. The zero-order chi connectivity index (χ0) is 16.3. The van der Waals surface area contributed by atoms with Crippen molar-refractivity contribution in [3.8, 4) is 0 Å². The van der Waals surface area contributed by atoms with Gasteiger partial charge in [0.1, 0.15) is 12.1 Å². The van der Waals surface area contributed by atoms with Crippen LogP contribution < -0.4 is 0 Å². The van der Waals surface area contributed by atoms with Gasteiger partial charge in [-0.05, 0) is 43.4 Å². The van der Waals surface area contributed by atoms with E-state index in [-0.39, 0.29) is 18.2 Å². The summed E-state index contributed by atoms with van der Waals surface area (Å²) in [6, 6.07) is -0.476. The quantitative estimate of drug-likeness (QED) is 0.751. The molecule has 2 aliphatic rings. The Balaban J connectivity index is 2.01. The van der Waals surface area contributed by atoms with Crippen LogP contribution in [-0.4, -0.2) is 42.8 Å². The average molecular weight is 311 g/mol. The average Bonchev–Trinajstić information content (AvgIpc) is 2.95. The summed E-state index contributed by atoms with van der Waals surface area (Å²) in [5, 5.41) is 0. The van der Waals surface area contributed by atoms with Gasteiger partial charge in [-0.25, -0.2) is 9.59 Å². The maximum Gasteiger partial charge on any atom is 0.410 e. The molecule has 1 heterocycles. The third-order valence-electron chi connectivity index (χ3n) is 5.17. The maximum absolute atomic E-state index is 12.5. The van der Waals surface area contributed by atoms with E-state index in [2.05, 4.69) is 20.8 Å². The van der Waals surface area contributed by atoms with Gasteiger partial charge in [-0.3, -0.25) is 4.90 Å². The zero-order valence-electron chi connectivity index (χ0n) is 14.2. The Kier molecular flexibility index (Phi) is 5.70. The first kappa shape index (κ1) is 17.1. The first-order valence-electron chi connectivity index (χ1n) is 8.49. The molecule has 0 aromatic rings. The van der Waals surface area contributed by atoms with Crippen LogP contribution in [0.15, 0.2) is 0 Å². The number of esters is 1. The lowest BCUT2D eigenvalue weighted by atomic mass is 9.75. The van der Waals surface area contributed by atoms with Crippen molar-refractivity contribution in [2.75, 3.05) is 13.7 Å². The van der Waals surface area contributed by atoms with E-state index >= 15 is 0 Å². The third kappa shape index (κ3) is 3.73. The molecule has 1 aliphatic heterocycles. The van der Waals surface area contributed by atoms with Crippen molar-refractivity contribution in [3.05, 3.63) is 0 Å². The number of hydrogen-bond donors (Lipinski definition) is 0. The number of likely N-dealkylation sites (tertiary alicyclic amines) is 1. The minimum Gasteiger partial charge on any atom is -0.467 e. The topological polar surface area (TPSA) is 55.8 Å². The van der Waals surface area contributed by atoms with E-state index in [1.165, 1.54) is 13.5 Å². The normalized spacial score (nSPS) is 32.1. The number of carbonyl (C=O) groups is 2. The van der Waals surface area contributed by atoms with Crippen molar-refractivity contribution >= 4 is 12.1 Å². The Labute approximate surface area is 133 Å². The van der Waals surface area contributed by atoms with E-state index in [1.807, 2.05) is 0 Å². The third-order valence-corrected chi connectivity index (χ3v) is 5.17. The van der Waals surface area contributed by atoms with Gasteiger partial charge in [-0.1, -0.05) is 27.2 Å². The molecule has 0 aromatic heterocycles. The molecule has 1 amide bonds. The van der Waals surface area contributed by atoms with E-state index in [4.69, 9.17) is 9.47 Å². The molecule has 2 fully saturated rings. The van der Waals surface area contributed by atoms with Crippen LogP contribution in [0, 0.1) is 17.8 Å². The van der Waals surface area contributed by atoms with Gasteiger partial charge in [0.15, 0.2) is 0 Å². The Morgan fingerprint density at radius 3 is 2.55 bits per heavy atom. The summed E-state index contributed by atoms with van der Waals surface area (Å²) in [7, 11) is 1.36. The summed E-state index contributed by atoms with van der Waals surface area (Å²) >= 11 is 0. The van der Waals surface area contributed by atoms with Gasteiger partial charge in [0.25, 0.3) is 0 Å². The predicted octanol–water partition coefficient (Wildman–Crippen LogP) is 3.22. The van der Waals surface area contributed by atoms with Gasteiger partial charge in [-0.15, -0.1) is 0 Å². The van der Waals surface area contributed by atoms with E-state index in [0.717, 1.165) is 19.3 Å². The maximum atomic E-state index is 12.5. The highest BCUT2D eigenvalue weighted by atomic mass is 16.6. The van der Waals surface area contributed by atoms with Gasteiger partial charge < -0.3 is 9.47 Å². The minimum atomic E-state index is -0.476. The van der Waals surface area contributed by atoms with E-state index in [9.17, 15) is 9.59 Å². The highest BCUT2D eigenvalue weighted by molar-refractivity contribution is 5.82. The fourth-order valence-corrected chi connectivity index (χ4v) is 3.81. The van der Waals surface area contributed by atoms with Crippen molar-refractivity contribution < 1.29 is 19.1 Å². The van der Waals surface area contributed by atoms with Crippen molar-refractivity contribution in [1.82, 2.24) is 4.90 Å². The lowest BCUT2D eigenvalue weighted by Crippen LogP contribution is -2.45. The second-order valence-electron chi connectivity index (χ2n) is 7.12. The molecular weight excluding hydrogens is 282 g/mol. The summed E-state index contributed by atoms with van der Waals surface area (Å²) in [5.74, 6) is 1.16. The first-order valence-corrected chi connectivity index (χ1v) is 8.49. The summed E-state index contributed by atoms with van der Waals surface area (Å²) in [6.45, 7) is 7.17. The summed E-state index contributed by atoms with van der Waals surface area (Å²) in [6.07, 6.45) is 4.33. The number of carbonyl (C=O) groups excluding carboxylic acids is 2. The predicted molar refractivity (Wildman–Crippen MR) is 83.4 cm³/mol. The smallest absolute Gasteiger partial charge is 0.410 e. The highest BCUT2D eigenvalue weighted by Crippen LogP contribution is 2.36. The van der Waals surface area contributed by atoms with Gasteiger partial charge in [-0.2, -0.15) is 0 Å². The first-order chi connectivity index (χ1) is 10.4. The number of rotatable bonds is 3. The van der Waals surface area contributed by atoms with Crippen LogP contribution in [0.4, 0.5) is 4.79 Å². The molecule has 0 aromatic carbocycles. The van der Waals surface area contributed by atoms with Crippen LogP contribution in [0.3, 0.4) is 0 Å². The molecule has 0 N–H and O–H groups in total.